The average molecular weight is 260 g/mol. The van der Waals surface area contributed by atoms with Gasteiger partial charge in [0.05, 0.1) is 5.41 Å². The summed E-state index contributed by atoms with van der Waals surface area (Å²) in [7, 11) is 0. The molecule has 1 aromatic carbocycles. The lowest BCUT2D eigenvalue weighted by molar-refractivity contribution is -0.150. The summed E-state index contributed by atoms with van der Waals surface area (Å²) in [5.74, 6) is 0.844. The van der Waals surface area contributed by atoms with Gasteiger partial charge in [0.1, 0.15) is 18.5 Å². The summed E-state index contributed by atoms with van der Waals surface area (Å²) in [6.07, 6.45) is 6.30. The SMILES string of the molecule is O=C1OC(COc2ccccc2)CC12CCCCC2. The van der Waals surface area contributed by atoms with Crippen molar-refractivity contribution < 1.29 is 14.3 Å². The van der Waals surface area contributed by atoms with E-state index in [0.29, 0.717) is 6.61 Å². The molecule has 3 nitrogen and oxygen atoms in total. The molecule has 0 radical (unpaired) electrons. The van der Waals surface area contributed by atoms with Gasteiger partial charge >= 0.3 is 5.97 Å². The van der Waals surface area contributed by atoms with Crippen molar-refractivity contribution in [1.82, 2.24) is 0 Å². The highest BCUT2D eigenvalue weighted by atomic mass is 16.6. The summed E-state index contributed by atoms with van der Waals surface area (Å²) in [5.41, 5.74) is -0.192. The topological polar surface area (TPSA) is 35.5 Å². The van der Waals surface area contributed by atoms with E-state index in [4.69, 9.17) is 9.47 Å². The molecule has 2 fully saturated rings. The van der Waals surface area contributed by atoms with Crippen LogP contribution in [0.1, 0.15) is 38.5 Å². The first-order valence-electron chi connectivity index (χ1n) is 7.17. The van der Waals surface area contributed by atoms with Crippen LogP contribution in [0.15, 0.2) is 30.3 Å². The van der Waals surface area contributed by atoms with Crippen LogP contribution in [-0.4, -0.2) is 18.7 Å². The van der Waals surface area contributed by atoms with E-state index in [-0.39, 0.29) is 17.5 Å². The Morgan fingerprint density at radius 1 is 1.16 bits per heavy atom. The molecule has 0 aromatic heterocycles. The molecule has 1 heterocycles. The van der Waals surface area contributed by atoms with Gasteiger partial charge in [-0.25, -0.2) is 0 Å². The third-order valence-corrected chi connectivity index (χ3v) is 4.31. The van der Waals surface area contributed by atoms with E-state index < -0.39 is 0 Å². The van der Waals surface area contributed by atoms with Crippen LogP contribution in [0.5, 0.6) is 5.75 Å². The predicted molar refractivity (Wildman–Crippen MR) is 72.0 cm³/mol. The molecule has 19 heavy (non-hydrogen) atoms. The van der Waals surface area contributed by atoms with E-state index >= 15 is 0 Å². The number of benzene rings is 1. The van der Waals surface area contributed by atoms with Crippen LogP contribution in [-0.2, 0) is 9.53 Å². The Morgan fingerprint density at radius 3 is 2.63 bits per heavy atom. The lowest BCUT2D eigenvalue weighted by Crippen LogP contribution is -2.29. The largest absolute Gasteiger partial charge is 0.490 e. The predicted octanol–water partition coefficient (Wildman–Crippen LogP) is 3.33. The quantitative estimate of drug-likeness (QED) is 0.782. The van der Waals surface area contributed by atoms with Crippen LogP contribution in [0.2, 0.25) is 0 Å². The highest BCUT2D eigenvalue weighted by Crippen LogP contribution is 2.46. The zero-order valence-electron chi connectivity index (χ0n) is 11.1. The molecule has 102 valence electrons. The summed E-state index contributed by atoms with van der Waals surface area (Å²) in [4.78, 5) is 12.1. The van der Waals surface area contributed by atoms with Crippen molar-refractivity contribution in [1.29, 1.82) is 0 Å². The Balaban J connectivity index is 1.58. The summed E-state index contributed by atoms with van der Waals surface area (Å²) >= 11 is 0. The maximum absolute atomic E-state index is 12.1. The molecular weight excluding hydrogens is 240 g/mol. The lowest BCUT2D eigenvalue weighted by atomic mass is 9.72. The highest BCUT2D eigenvalue weighted by Gasteiger charge is 2.49. The van der Waals surface area contributed by atoms with Gasteiger partial charge in [0.2, 0.25) is 0 Å². The summed E-state index contributed by atoms with van der Waals surface area (Å²) in [6, 6.07) is 9.69. The van der Waals surface area contributed by atoms with Crippen molar-refractivity contribution in [2.24, 2.45) is 5.41 Å². The molecule has 1 aromatic rings. The molecule has 2 aliphatic rings. The Labute approximate surface area is 113 Å². The number of hydrogen-bond acceptors (Lipinski definition) is 3. The van der Waals surface area contributed by atoms with E-state index in [9.17, 15) is 4.79 Å². The van der Waals surface area contributed by atoms with Crippen LogP contribution < -0.4 is 4.74 Å². The third kappa shape index (κ3) is 2.60. The van der Waals surface area contributed by atoms with Crippen molar-refractivity contribution in [3.05, 3.63) is 30.3 Å². The molecule has 1 aliphatic heterocycles. The molecule has 1 unspecified atom stereocenters. The lowest BCUT2D eigenvalue weighted by Gasteiger charge is -2.28. The smallest absolute Gasteiger partial charge is 0.312 e. The number of hydrogen-bond donors (Lipinski definition) is 0. The van der Waals surface area contributed by atoms with Crippen molar-refractivity contribution >= 4 is 5.97 Å². The fraction of sp³-hybridized carbons (Fsp3) is 0.562. The van der Waals surface area contributed by atoms with Gasteiger partial charge in [-0.2, -0.15) is 0 Å². The highest BCUT2D eigenvalue weighted by molar-refractivity contribution is 5.79. The second-order valence-corrected chi connectivity index (χ2v) is 5.70. The Morgan fingerprint density at radius 2 is 1.89 bits per heavy atom. The normalized spacial score (nSPS) is 25.3. The first-order valence-corrected chi connectivity index (χ1v) is 7.17. The number of esters is 1. The number of cyclic esters (lactones) is 1. The molecule has 1 atom stereocenters. The van der Waals surface area contributed by atoms with E-state index in [0.717, 1.165) is 37.9 Å². The minimum absolute atomic E-state index is 0.00821. The van der Waals surface area contributed by atoms with Gasteiger partial charge in [0, 0.05) is 6.42 Å². The molecule has 0 bridgehead atoms. The summed E-state index contributed by atoms with van der Waals surface area (Å²) < 4.78 is 11.2. The standard InChI is InChI=1S/C16H20O3/c17-15-16(9-5-2-6-10-16)11-14(19-15)12-18-13-7-3-1-4-8-13/h1,3-4,7-8,14H,2,5-6,9-12H2. The molecule has 3 rings (SSSR count). The molecule has 0 N–H and O–H groups in total. The fourth-order valence-electron chi connectivity index (χ4n) is 3.27. The third-order valence-electron chi connectivity index (χ3n) is 4.31. The second-order valence-electron chi connectivity index (χ2n) is 5.70. The Hall–Kier alpha value is -1.51. The Bertz CT molecular complexity index is 435. The van der Waals surface area contributed by atoms with Gasteiger partial charge in [0.15, 0.2) is 0 Å². The molecule has 1 saturated carbocycles. The maximum Gasteiger partial charge on any atom is 0.312 e. The van der Waals surface area contributed by atoms with Gasteiger partial charge in [-0.15, -0.1) is 0 Å². The molecule has 0 amide bonds. The van der Waals surface area contributed by atoms with Crippen LogP contribution in [0, 0.1) is 5.41 Å². The van der Waals surface area contributed by atoms with E-state index in [1.54, 1.807) is 0 Å². The minimum Gasteiger partial charge on any atom is -0.490 e. The van der Waals surface area contributed by atoms with Crippen molar-refractivity contribution in [2.45, 2.75) is 44.6 Å². The molecule has 1 spiro atoms. The first-order chi connectivity index (χ1) is 9.28. The van der Waals surface area contributed by atoms with Crippen LogP contribution in [0.25, 0.3) is 0 Å². The maximum atomic E-state index is 12.1. The van der Waals surface area contributed by atoms with Crippen molar-refractivity contribution in [3.8, 4) is 5.75 Å². The minimum atomic E-state index is -0.192. The van der Waals surface area contributed by atoms with Gasteiger partial charge in [0.25, 0.3) is 0 Å². The zero-order chi connectivity index (χ0) is 13.1. The van der Waals surface area contributed by atoms with Gasteiger partial charge in [-0.1, -0.05) is 37.5 Å². The second kappa shape index (κ2) is 5.24. The van der Waals surface area contributed by atoms with E-state index in [2.05, 4.69) is 0 Å². The van der Waals surface area contributed by atoms with Crippen molar-refractivity contribution in [2.75, 3.05) is 6.61 Å². The fourth-order valence-corrected chi connectivity index (χ4v) is 3.27. The first kappa shape index (κ1) is 12.5. The Kier molecular flexibility index (Phi) is 3.45. The van der Waals surface area contributed by atoms with Gasteiger partial charge in [-0.05, 0) is 25.0 Å². The monoisotopic (exact) mass is 260 g/mol. The molecule has 3 heteroatoms. The zero-order valence-corrected chi connectivity index (χ0v) is 11.1. The number of para-hydroxylation sites is 1. The summed E-state index contributed by atoms with van der Waals surface area (Å²) in [5, 5.41) is 0. The van der Waals surface area contributed by atoms with Gasteiger partial charge in [-0.3, -0.25) is 4.79 Å². The van der Waals surface area contributed by atoms with Crippen molar-refractivity contribution in [3.63, 3.8) is 0 Å². The number of carbonyl (C=O) groups is 1. The number of rotatable bonds is 3. The molecule has 1 saturated heterocycles. The van der Waals surface area contributed by atoms with Gasteiger partial charge < -0.3 is 9.47 Å². The molecular formula is C16H20O3. The van der Waals surface area contributed by atoms with Crippen LogP contribution >= 0.6 is 0 Å². The van der Waals surface area contributed by atoms with E-state index in [1.165, 1.54) is 6.42 Å². The molecule has 1 aliphatic carbocycles. The van der Waals surface area contributed by atoms with Crippen LogP contribution in [0.3, 0.4) is 0 Å². The number of ether oxygens (including phenoxy) is 2. The average Bonchev–Trinajstić information content (AvgIpc) is 2.75. The van der Waals surface area contributed by atoms with E-state index in [1.807, 2.05) is 30.3 Å². The summed E-state index contributed by atoms with van der Waals surface area (Å²) in [6.45, 7) is 0.470. The number of carbonyl (C=O) groups excluding carboxylic acids is 1. The van der Waals surface area contributed by atoms with Crippen LogP contribution in [0.4, 0.5) is 0 Å².